The first-order valence-corrected chi connectivity index (χ1v) is 8.35. The monoisotopic (exact) mass is 338 g/mol. The van der Waals surface area contributed by atoms with Gasteiger partial charge >= 0.3 is 0 Å². The Bertz CT molecular complexity index is 774. The third-order valence-electron chi connectivity index (χ3n) is 2.90. The van der Waals surface area contributed by atoms with Crippen LogP contribution in [0.3, 0.4) is 0 Å². The van der Waals surface area contributed by atoms with E-state index in [0.29, 0.717) is 16.3 Å². The highest BCUT2D eigenvalue weighted by atomic mass is 35.5. The molecule has 0 bridgehead atoms. The normalized spacial score (nSPS) is 11.2. The fourth-order valence-electron chi connectivity index (χ4n) is 1.82. The van der Waals surface area contributed by atoms with Crippen LogP contribution in [0.15, 0.2) is 53.4 Å². The minimum Gasteiger partial charge on any atom is -0.326 e. The van der Waals surface area contributed by atoms with Crippen LogP contribution in [-0.4, -0.2) is 14.3 Å². The summed E-state index contributed by atoms with van der Waals surface area (Å²) in [5.41, 5.74) is 1.24. The van der Waals surface area contributed by atoms with E-state index in [1.807, 2.05) is 0 Å². The van der Waals surface area contributed by atoms with Gasteiger partial charge in [-0.2, -0.15) is 0 Å². The first kappa shape index (κ1) is 16.5. The summed E-state index contributed by atoms with van der Waals surface area (Å²) in [6.45, 7) is 1.49. The molecule has 0 radical (unpaired) electrons. The number of benzene rings is 2. The van der Waals surface area contributed by atoms with E-state index in [1.54, 1.807) is 24.3 Å². The molecule has 0 heterocycles. The lowest BCUT2D eigenvalue weighted by atomic mass is 10.2. The van der Waals surface area contributed by atoms with Crippen LogP contribution in [0.25, 0.3) is 0 Å². The standard InChI is InChI=1S/C15H15ClN2O3S/c1-11(19)18-13-6-8-14(9-7-13)22(20,21)17-10-12-4-2-3-5-15(12)16/h2-9,17H,10H2,1H3,(H,18,19). The molecule has 2 rings (SSSR count). The number of anilines is 1. The zero-order chi connectivity index (χ0) is 16.2. The summed E-state index contributed by atoms with van der Waals surface area (Å²) in [5.74, 6) is -0.215. The lowest BCUT2D eigenvalue weighted by Gasteiger charge is -2.09. The molecule has 0 saturated carbocycles. The van der Waals surface area contributed by atoms with Gasteiger partial charge in [0.05, 0.1) is 4.90 Å². The molecular formula is C15H15ClN2O3S. The molecule has 116 valence electrons. The van der Waals surface area contributed by atoms with E-state index < -0.39 is 10.0 Å². The number of rotatable bonds is 5. The molecule has 0 aliphatic heterocycles. The van der Waals surface area contributed by atoms with E-state index in [1.165, 1.54) is 31.2 Å². The van der Waals surface area contributed by atoms with Gasteiger partial charge in [-0.3, -0.25) is 4.79 Å². The third-order valence-corrected chi connectivity index (χ3v) is 4.68. The van der Waals surface area contributed by atoms with Gasteiger partial charge in [-0.25, -0.2) is 13.1 Å². The number of carbonyl (C=O) groups excluding carboxylic acids is 1. The molecule has 0 atom stereocenters. The van der Waals surface area contributed by atoms with Gasteiger partial charge in [0.1, 0.15) is 0 Å². The van der Waals surface area contributed by atoms with Gasteiger partial charge < -0.3 is 5.32 Å². The fraction of sp³-hybridized carbons (Fsp3) is 0.133. The molecular weight excluding hydrogens is 324 g/mol. The Hall–Kier alpha value is -1.89. The summed E-state index contributed by atoms with van der Waals surface area (Å²) in [5, 5.41) is 3.08. The number of hydrogen-bond acceptors (Lipinski definition) is 3. The molecule has 1 amide bonds. The Labute approximate surface area is 134 Å². The predicted octanol–water partition coefficient (Wildman–Crippen LogP) is 2.78. The van der Waals surface area contributed by atoms with Crippen LogP contribution in [0.2, 0.25) is 5.02 Å². The zero-order valence-electron chi connectivity index (χ0n) is 11.8. The van der Waals surface area contributed by atoms with Gasteiger partial charge in [-0.1, -0.05) is 29.8 Å². The van der Waals surface area contributed by atoms with Crippen molar-refractivity contribution in [3.8, 4) is 0 Å². The van der Waals surface area contributed by atoms with Gasteiger partial charge in [-0.05, 0) is 35.9 Å². The second-order valence-electron chi connectivity index (χ2n) is 4.62. The molecule has 2 N–H and O–H groups in total. The largest absolute Gasteiger partial charge is 0.326 e. The van der Waals surface area contributed by atoms with Crippen molar-refractivity contribution in [1.82, 2.24) is 4.72 Å². The highest BCUT2D eigenvalue weighted by molar-refractivity contribution is 7.89. The number of amides is 1. The average molecular weight is 339 g/mol. The van der Waals surface area contributed by atoms with Crippen molar-refractivity contribution >= 4 is 33.2 Å². The lowest BCUT2D eigenvalue weighted by molar-refractivity contribution is -0.114. The SMILES string of the molecule is CC(=O)Nc1ccc(S(=O)(=O)NCc2ccccc2Cl)cc1. The van der Waals surface area contributed by atoms with Crippen molar-refractivity contribution in [2.75, 3.05) is 5.32 Å². The second-order valence-corrected chi connectivity index (χ2v) is 6.80. The van der Waals surface area contributed by atoms with Crippen molar-refractivity contribution in [2.45, 2.75) is 18.4 Å². The Morgan fingerprint density at radius 3 is 2.32 bits per heavy atom. The maximum absolute atomic E-state index is 12.2. The third kappa shape index (κ3) is 4.30. The molecule has 2 aromatic rings. The number of sulfonamides is 1. The van der Waals surface area contributed by atoms with E-state index in [0.717, 1.165) is 0 Å². The summed E-state index contributed by atoms with van der Waals surface area (Å²) in [7, 11) is -3.64. The number of nitrogens with one attached hydrogen (secondary N) is 2. The first-order chi connectivity index (χ1) is 10.4. The van der Waals surface area contributed by atoms with Gasteiger partial charge in [0.25, 0.3) is 0 Å². The van der Waals surface area contributed by atoms with Gasteiger partial charge in [-0.15, -0.1) is 0 Å². The quantitative estimate of drug-likeness (QED) is 0.880. The van der Waals surface area contributed by atoms with Crippen LogP contribution in [-0.2, 0) is 21.4 Å². The molecule has 22 heavy (non-hydrogen) atoms. The van der Waals surface area contributed by atoms with Crippen LogP contribution >= 0.6 is 11.6 Å². The number of halogens is 1. The molecule has 0 saturated heterocycles. The van der Waals surface area contributed by atoms with Crippen molar-refractivity contribution in [3.05, 3.63) is 59.1 Å². The van der Waals surface area contributed by atoms with Crippen LogP contribution in [0.4, 0.5) is 5.69 Å². The summed E-state index contributed by atoms with van der Waals surface area (Å²) >= 11 is 5.99. The zero-order valence-corrected chi connectivity index (χ0v) is 13.4. The molecule has 2 aromatic carbocycles. The smallest absolute Gasteiger partial charge is 0.240 e. The van der Waals surface area contributed by atoms with Gasteiger partial charge in [0.15, 0.2) is 0 Å². The Morgan fingerprint density at radius 1 is 1.09 bits per heavy atom. The summed E-state index contributed by atoms with van der Waals surface area (Å²) in [4.78, 5) is 11.1. The Balaban J connectivity index is 2.10. The van der Waals surface area contributed by atoms with Crippen molar-refractivity contribution < 1.29 is 13.2 Å². The second kappa shape index (κ2) is 6.91. The van der Waals surface area contributed by atoms with E-state index >= 15 is 0 Å². The number of carbonyl (C=O) groups is 1. The van der Waals surface area contributed by atoms with Crippen LogP contribution < -0.4 is 10.0 Å². The predicted molar refractivity (Wildman–Crippen MR) is 86.2 cm³/mol. The van der Waals surface area contributed by atoms with E-state index in [9.17, 15) is 13.2 Å². The van der Waals surface area contributed by atoms with Gasteiger partial charge in [0.2, 0.25) is 15.9 Å². The average Bonchev–Trinajstić information content (AvgIpc) is 2.46. The van der Waals surface area contributed by atoms with Crippen LogP contribution in [0, 0.1) is 0 Å². The minimum absolute atomic E-state index is 0.107. The summed E-state index contributed by atoms with van der Waals surface area (Å²) < 4.78 is 26.9. The molecule has 7 heteroatoms. The first-order valence-electron chi connectivity index (χ1n) is 6.49. The highest BCUT2D eigenvalue weighted by Gasteiger charge is 2.14. The van der Waals surface area contributed by atoms with Crippen molar-refractivity contribution in [3.63, 3.8) is 0 Å². The Morgan fingerprint density at radius 2 is 1.73 bits per heavy atom. The van der Waals surface area contributed by atoms with Crippen LogP contribution in [0.1, 0.15) is 12.5 Å². The Kier molecular flexibility index (Phi) is 5.18. The number of hydrogen-bond donors (Lipinski definition) is 2. The molecule has 0 spiro atoms. The summed E-state index contributed by atoms with van der Waals surface area (Å²) in [6, 6.07) is 13.0. The molecule has 0 fully saturated rings. The molecule has 5 nitrogen and oxygen atoms in total. The highest BCUT2D eigenvalue weighted by Crippen LogP contribution is 2.17. The van der Waals surface area contributed by atoms with Crippen molar-refractivity contribution in [1.29, 1.82) is 0 Å². The van der Waals surface area contributed by atoms with E-state index in [-0.39, 0.29) is 17.3 Å². The fourth-order valence-corrected chi connectivity index (χ4v) is 3.03. The maximum atomic E-state index is 12.2. The van der Waals surface area contributed by atoms with E-state index in [2.05, 4.69) is 10.0 Å². The molecule has 0 aromatic heterocycles. The lowest BCUT2D eigenvalue weighted by Crippen LogP contribution is -2.23. The van der Waals surface area contributed by atoms with Gasteiger partial charge in [0, 0.05) is 24.2 Å². The van der Waals surface area contributed by atoms with Crippen molar-refractivity contribution in [2.24, 2.45) is 0 Å². The van der Waals surface area contributed by atoms with Crippen LogP contribution in [0.5, 0.6) is 0 Å². The summed E-state index contributed by atoms with van der Waals surface area (Å²) in [6.07, 6.45) is 0. The molecule has 0 aliphatic rings. The minimum atomic E-state index is -3.64. The topological polar surface area (TPSA) is 75.3 Å². The van der Waals surface area contributed by atoms with E-state index in [4.69, 9.17) is 11.6 Å². The molecule has 0 aliphatic carbocycles. The molecule has 0 unspecified atom stereocenters. The maximum Gasteiger partial charge on any atom is 0.240 e.